The SMILES string of the molecule is C=CC(=N)C(=C)C(=C)S. The van der Waals surface area contributed by atoms with Crippen molar-refractivity contribution in [3.63, 3.8) is 0 Å². The summed E-state index contributed by atoms with van der Waals surface area (Å²) in [5.74, 6) is 0. The zero-order chi connectivity index (χ0) is 7.44. The largest absolute Gasteiger partial charge is 0.300 e. The van der Waals surface area contributed by atoms with Gasteiger partial charge in [0.1, 0.15) is 0 Å². The minimum atomic E-state index is 0.273. The maximum atomic E-state index is 7.15. The molecule has 0 saturated carbocycles. The van der Waals surface area contributed by atoms with E-state index in [0.717, 1.165) is 0 Å². The zero-order valence-corrected chi connectivity index (χ0v) is 6.04. The topological polar surface area (TPSA) is 23.9 Å². The third kappa shape index (κ3) is 2.33. The highest BCUT2D eigenvalue weighted by atomic mass is 32.1. The predicted octanol–water partition coefficient (Wildman–Crippen LogP) is 2.19. The first-order valence-corrected chi connectivity index (χ1v) is 2.82. The first kappa shape index (κ1) is 8.24. The van der Waals surface area contributed by atoms with Crippen LogP contribution in [0.15, 0.2) is 36.3 Å². The Balaban J connectivity index is 4.22. The van der Waals surface area contributed by atoms with Crippen molar-refractivity contribution in [3.05, 3.63) is 36.3 Å². The van der Waals surface area contributed by atoms with Crippen molar-refractivity contribution in [2.45, 2.75) is 0 Å². The van der Waals surface area contributed by atoms with Gasteiger partial charge in [-0.15, -0.1) is 12.6 Å². The Bertz CT molecular complexity index is 179. The van der Waals surface area contributed by atoms with Crippen molar-refractivity contribution in [3.8, 4) is 0 Å². The Labute approximate surface area is 60.7 Å². The Kier molecular flexibility index (Phi) is 3.02. The molecule has 0 aliphatic rings. The van der Waals surface area contributed by atoms with Crippen LogP contribution in [0, 0.1) is 5.41 Å². The molecular formula is C7H9NS. The van der Waals surface area contributed by atoms with Gasteiger partial charge >= 0.3 is 0 Å². The van der Waals surface area contributed by atoms with Gasteiger partial charge in [0.2, 0.25) is 0 Å². The number of nitrogens with one attached hydrogen (secondary N) is 1. The summed E-state index contributed by atoms with van der Waals surface area (Å²) in [6, 6.07) is 0. The van der Waals surface area contributed by atoms with E-state index >= 15 is 0 Å². The normalized spacial score (nSPS) is 8.11. The number of rotatable bonds is 3. The van der Waals surface area contributed by atoms with E-state index < -0.39 is 0 Å². The van der Waals surface area contributed by atoms with E-state index in [0.29, 0.717) is 10.5 Å². The summed E-state index contributed by atoms with van der Waals surface area (Å²) < 4.78 is 0. The molecule has 0 aliphatic carbocycles. The summed E-state index contributed by atoms with van der Waals surface area (Å²) in [4.78, 5) is 0.514. The third-order valence-electron chi connectivity index (χ3n) is 0.878. The molecule has 0 bridgehead atoms. The van der Waals surface area contributed by atoms with Crippen LogP contribution >= 0.6 is 12.6 Å². The number of allylic oxidation sites excluding steroid dienone is 2. The average Bonchev–Trinajstić information content (AvgIpc) is 1.84. The summed E-state index contributed by atoms with van der Waals surface area (Å²) in [7, 11) is 0. The standard InChI is InChI=1S/C7H9NS/c1-4-7(8)5(2)6(3)9/h4,8-9H,1-3H2. The van der Waals surface area contributed by atoms with Crippen LogP contribution in [-0.4, -0.2) is 5.71 Å². The molecule has 0 fully saturated rings. The third-order valence-corrected chi connectivity index (χ3v) is 1.15. The molecule has 0 aromatic heterocycles. The first-order valence-electron chi connectivity index (χ1n) is 2.38. The maximum absolute atomic E-state index is 7.15. The number of thiol groups is 1. The van der Waals surface area contributed by atoms with Crippen LogP contribution < -0.4 is 0 Å². The predicted molar refractivity (Wildman–Crippen MR) is 45.2 cm³/mol. The molecule has 0 heterocycles. The van der Waals surface area contributed by atoms with Gasteiger partial charge in [0, 0.05) is 10.5 Å². The van der Waals surface area contributed by atoms with Crippen LogP contribution in [0.4, 0.5) is 0 Å². The molecule has 0 aromatic carbocycles. The van der Waals surface area contributed by atoms with Crippen molar-refractivity contribution in [1.82, 2.24) is 0 Å². The lowest BCUT2D eigenvalue weighted by atomic mass is 10.2. The van der Waals surface area contributed by atoms with Crippen molar-refractivity contribution in [1.29, 1.82) is 5.41 Å². The second kappa shape index (κ2) is 3.30. The van der Waals surface area contributed by atoms with Crippen LogP contribution in [-0.2, 0) is 0 Å². The molecule has 0 saturated heterocycles. The van der Waals surface area contributed by atoms with Crippen molar-refractivity contribution in [2.24, 2.45) is 0 Å². The van der Waals surface area contributed by atoms with Gasteiger partial charge in [-0.3, -0.25) is 0 Å². The van der Waals surface area contributed by atoms with Gasteiger partial charge in [-0.2, -0.15) is 0 Å². The molecule has 0 aliphatic heterocycles. The lowest BCUT2D eigenvalue weighted by Gasteiger charge is -1.98. The molecule has 0 amide bonds. The van der Waals surface area contributed by atoms with Gasteiger partial charge < -0.3 is 5.41 Å². The van der Waals surface area contributed by atoms with E-state index in [4.69, 9.17) is 5.41 Å². The maximum Gasteiger partial charge on any atom is 0.0611 e. The summed E-state index contributed by atoms with van der Waals surface area (Å²) in [6.07, 6.45) is 1.41. The van der Waals surface area contributed by atoms with Crippen LogP contribution in [0.5, 0.6) is 0 Å². The highest BCUT2D eigenvalue weighted by Crippen LogP contribution is 2.09. The monoisotopic (exact) mass is 139 g/mol. The van der Waals surface area contributed by atoms with E-state index in [2.05, 4.69) is 32.4 Å². The lowest BCUT2D eigenvalue weighted by Crippen LogP contribution is -1.93. The molecule has 1 nitrogen and oxygen atoms in total. The van der Waals surface area contributed by atoms with E-state index in [-0.39, 0.29) is 5.71 Å². The fourth-order valence-corrected chi connectivity index (χ4v) is 0.399. The van der Waals surface area contributed by atoms with Crippen LogP contribution in [0.1, 0.15) is 0 Å². The van der Waals surface area contributed by atoms with Crippen molar-refractivity contribution >= 4 is 18.3 Å². The van der Waals surface area contributed by atoms with Gasteiger partial charge in [-0.1, -0.05) is 19.7 Å². The molecule has 1 N–H and O–H groups in total. The van der Waals surface area contributed by atoms with Gasteiger partial charge in [0.15, 0.2) is 0 Å². The molecule has 0 rings (SSSR count). The smallest absolute Gasteiger partial charge is 0.0611 e. The molecule has 0 radical (unpaired) electrons. The quantitative estimate of drug-likeness (QED) is 0.340. The summed E-state index contributed by atoms with van der Waals surface area (Å²) in [5, 5.41) is 7.15. The second-order valence-electron chi connectivity index (χ2n) is 1.54. The molecule has 0 atom stereocenters. The van der Waals surface area contributed by atoms with E-state index in [1.807, 2.05) is 0 Å². The molecule has 0 unspecified atom stereocenters. The van der Waals surface area contributed by atoms with E-state index in [9.17, 15) is 0 Å². The minimum absolute atomic E-state index is 0.273. The molecule has 2 heteroatoms. The Morgan fingerprint density at radius 2 is 1.89 bits per heavy atom. The first-order chi connectivity index (χ1) is 4.09. The highest BCUT2D eigenvalue weighted by molar-refractivity contribution is 7.84. The Morgan fingerprint density at radius 3 is 2.00 bits per heavy atom. The fraction of sp³-hybridized carbons (Fsp3) is 0. The van der Waals surface area contributed by atoms with E-state index in [1.54, 1.807) is 0 Å². The Morgan fingerprint density at radius 1 is 1.44 bits per heavy atom. The molecule has 0 aromatic rings. The molecule has 48 valence electrons. The van der Waals surface area contributed by atoms with Crippen LogP contribution in [0.25, 0.3) is 0 Å². The fourth-order valence-electron chi connectivity index (χ4n) is 0.279. The van der Waals surface area contributed by atoms with Gasteiger partial charge in [-0.25, -0.2) is 0 Å². The second-order valence-corrected chi connectivity index (χ2v) is 2.08. The molecule has 9 heavy (non-hydrogen) atoms. The van der Waals surface area contributed by atoms with Gasteiger partial charge in [-0.05, 0) is 6.08 Å². The summed E-state index contributed by atoms with van der Waals surface area (Å²) in [5.41, 5.74) is 0.795. The van der Waals surface area contributed by atoms with Crippen LogP contribution in [0.2, 0.25) is 0 Å². The van der Waals surface area contributed by atoms with E-state index in [1.165, 1.54) is 6.08 Å². The number of hydrogen-bond acceptors (Lipinski definition) is 2. The molecular weight excluding hydrogens is 130 g/mol. The summed E-state index contributed by atoms with van der Waals surface area (Å²) in [6.45, 7) is 10.5. The highest BCUT2D eigenvalue weighted by Gasteiger charge is 1.96. The Hall–Kier alpha value is -0.760. The summed E-state index contributed by atoms with van der Waals surface area (Å²) >= 11 is 3.90. The lowest BCUT2D eigenvalue weighted by molar-refractivity contribution is 1.51. The molecule has 0 spiro atoms. The van der Waals surface area contributed by atoms with Crippen LogP contribution in [0.3, 0.4) is 0 Å². The zero-order valence-electron chi connectivity index (χ0n) is 5.15. The van der Waals surface area contributed by atoms with Crippen molar-refractivity contribution in [2.75, 3.05) is 0 Å². The minimum Gasteiger partial charge on any atom is -0.300 e. The van der Waals surface area contributed by atoms with Gasteiger partial charge in [0.25, 0.3) is 0 Å². The average molecular weight is 139 g/mol. The van der Waals surface area contributed by atoms with Crippen molar-refractivity contribution < 1.29 is 0 Å². The number of hydrogen-bond donors (Lipinski definition) is 2. The van der Waals surface area contributed by atoms with Gasteiger partial charge in [0.05, 0.1) is 5.71 Å².